The van der Waals surface area contributed by atoms with E-state index in [0.29, 0.717) is 19.5 Å². The summed E-state index contributed by atoms with van der Waals surface area (Å²) in [6, 6.07) is 2.27. The molecule has 104 valence electrons. The molecule has 0 aliphatic heterocycles. The van der Waals surface area contributed by atoms with Crippen LogP contribution in [0.3, 0.4) is 0 Å². The number of aryl methyl sites for hydroxylation is 2. The maximum Gasteiger partial charge on any atom is 0.220 e. The average molecular weight is 278 g/mol. The highest BCUT2D eigenvalue weighted by Gasteiger charge is 2.37. The van der Waals surface area contributed by atoms with E-state index in [1.807, 2.05) is 11.3 Å². The number of rotatable bonds is 5. The maximum atomic E-state index is 12.0. The van der Waals surface area contributed by atoms with Crippen molar-refractivity contribution in [1.82, 2.24) is 5.32 Å². The van der Waals surface area contributed by atoms with E-state index in [4.69, 9.17) is 5.73 Å². The number of hydrogen-bond donors (Lipinski definition) is 2. The van der Waals surface area contributed by atoms with Gasteiger partial charge in [-0.1, -0.05) is 6.42 Å². The van der Waals surface area contributed by atoms with Crippen molar-refractivity contribution in [3.63, 3.8) is 0 Å². The summed E-state index contributed by atoms with van der Waals surface area (Å²) in [5, 5.41) is 3.06. The fourth-order valence-corrected chi connectivity index (χ4v) is 4.40. The van der Waals surface area contributed by atoms with Gasteiger partial charge in [0.25, 0.3) is 0 Å². The highest BCUT2D eigenvalue weighted by atomic mass is 32.1. The molecule has 0 unspecified atom stereocenters. The van der Waals surface area contributed by atoms with Crippen LogP contribution in [0, 0.1) is 5.41 Å². The molecule has 0 radical (unpaired) electrons. The molecule has 19 heavy (non-hydrogen) atoms. The smallest absolute Gasteiger partial charge is 0.220 e. The van der Waals surface area contributed by atoms with Crippen LogP contribution < -0.4 is 11.1 Å². The van der Waals surface area contributed by atoms with Gasteiger partial charge in [0, 0.05) is 16.2 Å². The Morgan fingerprint density at radius 1 is 1.37 bits per heavy atom. The van der Waals surface area contributed by atoms with Gasteiger partial charge in [0.2, 0.25) is 5.91 Å². The number of thiophene rings is 1. The number of fused-ring (bicyclic) bond motifs is 1. The van der Waals surface area contributed by atoms with E-state index < -0.39 is 0 Å². The molecule has 3 N–H and O–H groups in total. The molecule has 0 atom stereocenters. The summed E-state index contributed by atoms with van der Waals surface area (Å²) in [6.45, 7) is 1.34. The summed E-state index contributed by atoms with van der Waals surface area (Å²) in [5.41, 5.74) is 7.41. The van der Waals surface area contributed by atoms with Gasteiger partial charge in [0.1, 0.15) is 0 Å². The van der Waals surface area contributed by atoms with Gasteiger partial charge < -0.3 is 11.1 Å². The van der Waals surface area contributed by atoms with Crippen LogP contribution >= 0.6 is 11.3 Å². The number of carbonyl (C=O) groups excluding carboxylic acids is 1. The molecular weight excluding hydrogens is 256 g/mol. The third-order valence-electron chi connectivity index (χ3n) is 4.64. The van der Waals surface area contributed by atoms with Crippen LogP contribution in [0.1, 0.15) is 47.4 Å². The molecular formula is C15H22N2OS. The molecule has 0 aromatic carbocycles. The SMILES string of the molecule is NCC1(CC(=O)NCc2cc3c(s2)CCC3)CCC1. The molecule has 1 fully saturated rings. The summed E-state index contributed by atoms with van der Waals surface area (Å²) in [4.78, 5) is 14.8. The Kier molecular flexibility index (Phi) is 3.63. The zero-order chi connectivity index (χ0) is 13.3. The van der Waals surface area contributed by atoms with Gasteiger partial charge in [-0.15, -0.1) is 11.3 Å². The Morgan fingerprint density at radius 2 is 2.21 bits per heavy atom. The molecule has 3 nitrogen and oxygen atoms in total. The molecule has 1 aromatic rings. The zero-order valence-corrected chi connectivity index (χ0v) is 12.2. The van der Waals surface area contributed by atoms with Crippen LogP contribution in [0.5, 0.6) is 0 Å². The number of nitrogens with one attached hydrogen (secondary N) is 1. The molecule has 3 rings (SSSR count). The Hall–Kier alpha value is -0.870. The number of hydrogen-bond acceptors (Lipinski definition) is 3. The predicted octanol–water partition coefficient (Wildman–Crippen LogP) is 2.37. The quantitative estimate of drug-likeness (QED) is 0.869. The van der Waals surface area contributed by atoms with Crippen molar-refractivity contribution < 1.29 is 4.79 Å². The first-order chi connectivity index (χ1) is 9.21. The van der Waals surface area contributed by atoms with Gasteiger partial charge in [0.15, 0.2) is 0 Å². The fraction of sp³-hybridized carbons (Fsp3) is 0.667. The van der Waals surface area contributed by atoms with E-state index in [9.17, 15) is 4.79 Å². The van der Waals surface area contributed by atoms with Crippen molar-refractivity contribution in [2.75, 3.05) is 6.54 Å². The van der Waals surface area contributed by atoms with E-state index in [2.05, 4.69) is 11.4 Å². The lowest BCUT2D eigenvalue weighted by Gasteiger charge is -2.40. The van der Waals surface area contributed by atoms with Crippen LogP contribution in [0.2, 0.25) is 0 Å². The van der Waals surface area contributed by atoms with Crippen LogP contribution in [-0.2, 0) is 24.2 Å². The second-order valence-corrected chi connectivity index (χ2v) is 7.25. The Labute approximate surface area is 118 Å². The molecule has 2 aliphatic carbocycles. The molecule has 1 aromatic heterocycles. The van der Waals surface area contributed by atoms with Crippen LogP contribution in [0.15, 0.2) is 6.07 Å². The lowest BCUT2D eigenvalue weighted by molar-refractivity contribution is -0.124. The van der Waals surface area contributed by atoms with E-state index in [1.165, 1.54) is 41.0 Å². The summed E-state index contributed by atoms with van der Waals surface area (Å²) in [7, 11) is 0. The van der Waals surface area contributed by atoms with Crippen molar-refractivity contribution >= 4 is 17.2 Å². The molecule has 0 saturated heterocycles. The summed E-state index contributed by atoms with van der Waals surface area (Å²) in [6.07, 6.45) is 7.80. The number of carbonyl (C=O) groups is 1. The third-order valence-corrected chi connectivity index (χ3v) is 5.88. The van der Waals surface area contributed by atoms with Crippen LogP contribution in [0.25, 0.3) is 0 Å². The highest BCUT2D eigenvalue weighted by molar-refractivity contribution is 7.12. The van der Waals surface area contributed by atoms with Crippen LogP contribution in [-0.4, -0.2) is 12.5 Å². The van der Waals surface area contributed by atoms with Gasteiger partial charge >= 0.3 is 0 Å². The van der Waals surface area contributed by atoms with E-state index in [0.717, 1.165) is 12.8 Å². The first kappa shape index (κ1) is 13.1. The van der Waals surface area contributed by atoms with Crippen molar-refractivity contribution in [1.29, 1.82) is 0 Å². The molecule has 1 saturated carbocycles. The van der Waals surface area contributed by atoms with Crippen LogP contribution in [0.4, 0.5) is 0 Å². The van der Waals surface area contributed by atoms with Gasteiger partial charge in [-0.2, -0.15) is 0 Å². The first-order valence-electron chi connectivity index (χ1n) is 7.28. The molecule has 1 amide bonds. The van der Waals surface area contributed by atoms with E-state index >= 15 is 0 Å². The molecule has 1 heterocycles. The summed E-state index contributed by atoms with van der Waals surface area (Å²) in [5.74, 6) is 0.165. The third kappa shape index (κ3) is 2.70. The zero-order valence-electron chi connectivity index (χ0n) is 11.3. The maximum absolute atomic E-state index is 12.0. The Morgan fingerprint density at radius 3 is 2.84 bits per heavy atom. The highest BCUT2D eigenvalue weighted by Crippen LogP contribution is 2.42. The fourth-order valence-electron chi connectivity index (χ4n) is 3.20. The number of nitrogens with two attached hydrogens (primary N) is 1. The predicted molar refractivity (Wildman–Crippen MR) is 78.1 cm³/mol. The van der Waals surface area contributed by atoms with Gasteiger partial charge in [-0.05, 0) is 55.7 Å². The standard InChI is InChI=1S/C15H22N2OS/c16-10-15(5-2-6-15)8-14(18)17-9-12-7-11-3-1-4-13(11)19-12/h7H,1-6,8-10,16H2,(H,17,18). The van der Waals surface area contributed by atoms with Crippen molar-refractivity contribution in [2.45, 2.75) is 51.5 Å². The lowest BCUT2D eigenvalue weighted by Crippen LogP contribution is -2.41. The van der Waals surface area contributed by atoms with Crippen molar-refractivity contribution in [3.05, 3.63) is 21.4 Å². The summed E-state index contributed by atoms with van der Waals surface area (Å²) < 4.78 is 0. The normalized spacial score (nSPS) is 19.8. The Bertz CT molecular complexity index is 449. The second kappa shape index (κ2) is 5.25. The molecule has 0 bridgehead atoms. The van der Waals surface area contributed by atoms with Crippen molar-refractivity contribution in [3.8, 4) is 0 Å². The van der Waals surface area contributed by atoms with E-state index in [1.54, 1.807) is 0 Å². The first-order valence-corrected chi connectivity index (χ1v) is 8.10. The summed E-state index contributed by atoms with van der Waals surface area (Å²) >= 11 is 1.87. The van der Waals surface area contributed by atoms with Gasteiger partial charge in [0.05, 0.1) is 6.54 Å². The molecule has 0 spiro atoms. The lowest BCUT2D eigenvalue weighted by atomic mass is 9.66. The molecule has 4 heteroatoms. The van der Waals surface area contributed by atoms with Gasteiger partial charge in [-0.25, -0.2) is 0 Å². The molecule has 2 aliphatic rings. The van der Waals surface area contributed by atoms with Gasteiger partial charge in [-0.3, -0.25) is 4.79 Å². The number of amides is 1. The minimum atomic E-state index is 0.112. The second-order valence-electron chi connectivity index (χ2n) is 6.03. The van der Waals surface area contributed by atoms with E-state index in [-0.39, 0.29) is 11.3 Å². The Balaban J connectivity index is 1.50. The average Bonchev–Trinajstić information content (AvgIpc) is 2.91. The topological polar surface area (TPSA) is 55.1 Å². The largest absolute Gasteiger partial charge is 0.351 e. The minimum Gasteiger partial charge on any atom is -0.351 e. The van der Waals surface area contributed by atoms with Crippen molar-refractivity contribution in [2.24, 2.45) is 11.1 Å². The monoisotopic (exact) mass is 278 g/mol. The minimum absolute atomic E-state index is 0.112.